The van der Waals surface area contributed by atoms with Crippen molar-refractivity contribution >= 4 is 23.5 Å². The van der Waals surface area contributed by atoms with E-state index in [1.165, 1.54) is 0 Å². The van der Waals surface area contributed by atoms with Crippen LogP contribution in [0.5, 0.6) is 0 Å². The highest BCUT2D eigenvalue weighted by Gasteiger charge is 2.27. The molecule has 1 atom stereocenters. The van der Waals surface area contributed by atoms with E-state index >= 15 is 0 Å². The first-order chi connectivity index (χ1) is 16.0. The van der Waals surface area contributed by atoms with Crippen LogP contribution in [0, 0.1) is 0 Å². The van der Waals surface area contributed by atoms with Gasteiger partial charge in [0, 0.05) is 48.2 Å². The van der Waals surface area contributed by atoms with E-state index in [1.54, 1.807) is 18.0 Å². The van der Waals surface area contributed by atoms with Crippen molar-refractivity contribution in [2.45, 2.75) is 82.1 Å². The molecule has 33 heavy (non-hydrogen) atoms. The van der Waals surface area contributed by atoms with Gasteiger partial charge in [-0.25, -0.2) is 14.4 Å². The van der Waals surface area contributed by atoms with Gasteiger partial charge in [0.2, 0.25) is 0 Å². The van der Waals surface area contributed by atoms with Crippen LogP contribution in [0.4, 0.5) is 10.2 Å². The lowest BCUT2D eigenvalue weighted by molar-refractivity contribution is -0.137. The third-order valence-corrected chi connectivity index (χ3v) is 6.80. The molecular formula is C24H35FN4O3S. The molecule has 0 aromatic carbocycles. The van der Waals surface area contributed by atoms with Crippen LogP contribution in [-0.2, 0) is 9.53 Å². The first-order valence-corrected chi connectivity index (χ1v) is 12.8. The van der Waals surface area contributed by atoms with Crippen LogP contribution < -0.4 is 5.32 Å². The Hall–Kier alpha value is -2.13. The molecule has 0 radical (unpaired) electrons. The highest BCUT2D eigenvalue weighted by Crippen LogP contribution is 2.39. The van der Waals surface area contributed by atoms with Crippen molar-refractivity contribution in [2.75, 3.05) is 24.3 Å². The van der Waals surface area contributed by atoms with Gasteiger partial charge >= 0.3 is 5.97 Å². The number of aromatic nitrogens is 3. The monoisotopic (exact) mass is 478 g/mol. The number of H-pyrrole nitrogens is 1. The van der Waals surface area contributed by atoms with Gasteiger partial charge in [-0.05, 0) is 57.6 Å². The molecule has 2 aromatic heterocycles. The van der Waals surface area contributed by atoms with Crippen LogP contribution in [0.25, 0.3) is 11.3 Å². The Morgan fingerprint density at radius 2 is 2.15 bits per heavy atom. The van der Waals surface area contributed by atoms with Crippen LogP contribution >= 0.6 is 11.8 Å². The summed E-state index contributed by atoms with van der Waals surface area (Å²) in [6, 6.07) is 4.34. The number of nitrogens with zero attached hydrogens (tertiary/aromatic N) is 2. The molecule has 182 valence electrons. The van der Waals surface area contributed by atoms with Crippen LogP contribution in [0.1, 0.15) is 70.4 Å². The number of alkyl halides is 1. The SMILES string of the molecule is CCC(C)Nc1cc(-c2nc(SCCOCCCC(=O)O)[nH]c2C2CCC(F)CC2)ccn1. The van der Waals surface area contributed by atoms with Crippen molar-refractivity contribution in [3.63, 3.8) is 0 Å². The summed E-state index contributed by atoms with van der Waals surface area (Å²) in [6.45, 7) is 5.23. The standard InChI is InChI=1S/C24H35FN4O3S/c1-3-16(2)27-20-15-18(10-11-26-20)23-22(17-6-8-19(25)9-7-17)28-24(29-23)33-14-13-32-12-4-5-21(30)31/h10-11,15-17,19H,3-9,12-14H2,1-2H3,(H,26,27)(H,28,29)(H,30,31). The van der Waals surface area contributed by atoms with E-state index in [4.69, 9.17) is 14.8 Å². The minimum Gasteiger partial charge on any atom is -0.481 e. The van der Waals surface area contributed by atoms with Crippen molar-refractivity contribution < 1.29 is 19.0 Å². The zero-order valence-electron chi connectivity index (χ0n) is 19.5. The van der Waals surface area contributed by atoms with E-state index in [2.05, 4.69) is 29.1 Å². The predicted molar refractivity (Wildman–Crippen MR) is 130 cm³/mol. The van der Waals surface area contributed by atoms with E-state index in [-0.39, 0.29) is 12.3 Å². The summed E-state index contributed by atoms with van der Waals surface area (Å²) in [5, 5.41) is 12.9. The topological polar surface area (TPSA) is 100 Å². The number of ether oxygens (including phenoxy) is 1. The van der Waals surface area contributed by atoms with Gasteiger partial charge in [0.25, 0.3) is 0 Å². The number of aliphatic carboxylic acids is 1. The van der Waals surface area contributed by atoms with Gasteiger partial charge in [-0.1, -0.05) is 18.7 Å². The van der Waals surface area contributed by atoms with E-state index < -0.39 is 12.1 Å². The average Bonchev–Trinajstić information content (AvgIpc) is 3.23. The van der Waals surface area contributed by atoms with Crippen LogP contribution in [-0.4, -0.2) is 57.2 Å². The number of hydrogen-bond acceptors (Lipinski definition) is 6. The summed E-state index contributed by atoms with van der Waals surface area (Å²) in [6.07, 6.45) is 5.55. The molecule has 0 bridgehead atoms. The fourth-order valence-corrected chi connectivity index (χ4v) is 4.66. The number of aromatic amines is 1. The van der Waals surface area contributed by atoms with Crippen LogP contribution in [0.3, 0.4) is 0 Å². The number of carbonyl (C=O) groups is 1. The molecule has 2 heterocycles. The molecule has 0 saturated heterocycles. The van der Waals surface area contributed by atoms with E-state index in [1.807, 2.05) is 12.1 Å². The van der Waals surface area contributed by atoms with Crippen molar-refractivity contribution in [2.24, 2.45) is 0 Å². The van der Waals surface area contributed by atoms with Crippen LogP contribution in [0.15, 0.2) is 23.5 Å². The number of anilines is 1. The van der Waals surface area contributed by atoms with Gasteiger partial charge in [-0.2, -0.15) is 0 Å². The molecule has 1 fully saturated rings. The van der Waals surface area contributed by atoms with Crippen molar-refractivity contribution in [3.05, 3.63) is 24.0 Å². The maximum Gasteiger partial charge on any atom is 0.303 e. The number of carboxylic acids is 1. The molecule has 3 rings (SSSR count). The predicted octanol–water partition coefficient (Wildman–Crippen LogP) is 5.65. The molecule has 1 unspecified atom stereocenters. The molecule has 7 nitrogen and oxygen atoms in total. The molecule has 0 aliphatic heterocycles. The Bertz CT molecular complexity index is 886. The molecule has 1 saturated carbocycles. The van der Waals surface area contributed by atoms with Gasteiger partial charge < -0.3 is 20.1 Å². The Balaban J connectivity index is 1.70. The largest absolute Gasteiger partial charge is 0.481 e. The summed E-state index contributed by atoms with van der Waals surface area (Å²) in [5.74, 6) is 1.00. The normalized spacial score (nSPS) is 19.4. The number of halogens is 1. The summed E-state index contributed by atoms with van der Waals surface area (Å²) < 4.78 is 19.3. The molecule has 1 aliphatic rings. The second-order valence-electron chi connectivity index (χ2n) is 8.59. The number of nitrogens with one attached hydrogen (secondary N) is 2. The fourth-order valence-electron chi connectivity index (χ4n) is 3.93. The van der Waals surface area contributed by atoms with E-state index in [9.17, 15) is 9.18 Å². The zero-order chi connectivity index (χ0) is 23.6. The quantitative estimate of drug-likeness (QED) is 0.253. The summed E-state index contributed by atoms with van der Waals surface area (Å²) in [4.78, 5) is 23.4. The highest BCUT2D eigenvalue weighted by atomic mass is 32.2. The summed E-state index contributed by atoms with van der Waals surface area (Å²) in [5.41, 5.74) is 2.99. The molecule has 1 aliphatic carbocycles. The summed E-state index contributed by atoms with van der Waals surface area (Å²) >= 11 is 1.58. The molecule has 0 spiro atoms. The maximum atomic E-state index is 13.8. The van der Waals surface area contributed by atoms with Gasteiger partial charge in [-0.3, -0.25) is 4.79 Å². The van der Waals surface area contributed by atoms with E-state index in [0.29, 0.717) is 44.3 Å². The average molecular weight is 479 g/mol. The molecule has 2 aromatic rings. The smallest absolute Gasteiger partial charge is 0.303 e. The molecular weight excluding hydrogens is 443 g/mol. The lowest BCUT2D eigenvalue weighted by atomic mass is 9.84. The van der Waals surface area contributed by atoms with Crippen molar-refractivity contribution in [1.82, 2.24) is 15.0 Å². The molecule has 3 N–H and O–H groups in total. The van der Waals surface area contributed by atoms with Gasteiger partial charge in [0.15, 0.2) is 5.16 Å². The highest BCUT2D eigenvalue weighted by molar-refractivity contribution is 7.99. The van der Waals surface area contributed by atoms with Gasteiger partial charge in [0.1, 0.15) is 12.0 Å². The van der Waals surface area contributed by atoms with Crippen molar-refractivity contribution in [1.29, 1.82) is 0 Å². The number of carboxylic acid groups (broad SMARTS) is 1. The van der Waals surface area contributed by atoms with Crippen LogP contribution in [0.2, 0.25) is 0 Å². The number of imidazole rings is 1. The Labute approximate surface area is 199 Å². The Morgan fingerprint density at radius 1 is 1.36 bits per heavy atom. The third-order valence-electron chi connectivity index (χ3n) is 5.96. The minimum atomic E-state index is -0.802. The second kappa shape index (κ2) is 12.9. The van der Waals surface area contributed by atoms with Gasteiger partial charge in [0.05, 0.1) is 12.3 Å². The minimum absolute atomic E-state index is 0.124. The Kier molecular flexibility index (Phi) is 9.99. The first kappa shape index (κ1) is 25.5. The molecule has 0 amide bonds. The second-order valence-corrected chi connectivity index (χ2v) is 9.68. The third kappa shape index (κ3) is 7.99. The number of rotatable bonds is 13. The number of pyridine rings is 1. The maximum absolute atomic E-state index is 13.8. The fraction of sp³-hybridized carbons (Fsp3) is 0.625. The van der Waals surface area contributed by atoms with Gasteiger partial charge in [-0.15, -0.1) is 0 Å². The number of thioether (sulfide) groups is 1. The lowest BCUT2D eigenvalue weighted by Gasteiger charge is -2.24. The van der Waals surface area contributed by atoms with E-state index in [0.717, 1.165) is 47.2 Å². The summed E-state index contributed by atoms with van der Waals surface area (Å²) in [7, 11) is 0. The zero-order valence-corrected chi connectivity index (χ0v) is 20.3. The molecule has 9 heteroatoms. The van der Waals surface area contributed by atoms with Crippen molar-refractivity contribution in [3.8, 4) is 11.3 Å². The first-order valence-electron chi connectivity index (χ1n) is 11.9. The lowest BCUT2D eigenvalue weighted by Crippen LogP contribution is -2.15. The Morgan fingerprint density at radius 3 is 2.88 bits per heavy atom. The number of hydrogen-bond donors (Lipinski definition) is 3.